The second-order valence-corrected chi connectivity index (χ2v) is 18.2. The molecule has 2 aliphatic rings. The van der Waals surface area contributed by atoms with Gasteiger partial charge in [0.05, 0.1) is 17.8 Å². The van der Waals surface area contributed by atoms with Gasteiger partial charge in [-0.2, -0.15) is 0 Å². The molecule has 0 aliphatic carbocycles. The molecule has 0 unspecified atom stereocenters. The summed E-state index contributed by atoms with van der Waals surface area (Å²) < 4.78 is 1.92. The lowest BCUT2D eigenvalue weighted by molar-refractivity contribution is -0.122. The predicted molar refractivity (Wildman–Crippen MR) is 206 cm³/mol. The average molecular weight is 841 g/mol. The molecule has 0 spiro atoms. The van der Waals surface area contributed by atoms with Gasteiger partial charge in [-0.05, 0) is 30.7 Å². The zero-order chi connectivity index (χ0) is 35.3. The molecule has 3 aromatic rings. The largest absolute Gasteiger partial charge is 0.460 e. The van der Waals surface area contributed by atoms with Crippen molar-refractivity contribution < 1.29 is 14.3 Å². The number of nitrogens with zero attached hydrogens (tertiary/aromatic N) is 5. The first kappa shape index (κ1) is 38.7. The van der Waals surface area contributed by atoms with Crippen molar-refractivity contribution in [1.82, 2.24) is 19.9 Å². The van der Waals surface area contributed by atoms with Crippen LogP contribution < -0.4 is 4.90 Å². The Bertz CT molecular complexity index is 1720. The Labute approximate surface area is 328 Å². The molecule has 0 atom stereocenters. The molecule has 2 aromatic carbocycles. The number of thiocarbonyl (C=S) groups is 1. The van der Waals surface area contributed by atoms with Crippen LogP contribution in [0.2, 0.25) is 0 Å². The summed E-state index contributed by atoms with van der Waals surface area (Å²) in [5.41, 5.74) is 1.79. The van der Waals surface area contributed by atoms with Gasteiger partial charge in [0.25, 0.3) is 5.91 Å². The summed E-state index contributed by atoms with van der Waals surface area (Å²) >= 11 is 44.3. The molecule has 0 bridgehead atoms. The summed E-state index contributed by atoms with van der Waals surface area (Å²) in [4.78, 5) is 44.3. The van der Waals surface area contributed by atoms with Crippen molar-refractivity contribution in [2.24, 2.45) is 0 Å². The summed E-state index contributed by atoms with van der Waals surface area (Å²) in [6.45, 7) is 3.09. The number of hydrogen-bond donors (Lipinski definition) is 0. The number of carbonyl (C=O) groups is 2. The number of fused-ring (bicyclic) bond motifs is 1. The molecule has 1 aromatic heterocycles. The van der Waals surface area contributed by atoms with Crippen LogP contribution in [0.4, 0.5) is 5.69 Å². The minimum absolute atomic E-state index is 0.0584. The molecular formula is C32H29Cl6N5O3S3. The molecule has 17 heteroatoms. The predicted octanol–water partition coefficient (Wildman–Crippen LogP) is 10.4. The number of thioether (sulfide) groups is 2. The van der Waals surface area contributed by atoms with Crippen LogP contribution in [0.3, 0.4) is 0 Å². The van der Waals surface area contributed by atoms with E-state index in [4.69, 9.17) is 86.6 Å². The average Bonchev–Trinajstić information content (AvgIpc) is 3.57. The van der Waals surface area contributed by atoms with Gasteiger partial charge < -0.3 is 9.64 Å². The highest BCUT2D eigenvalue weighted by molar-refractivity contribution is 8.27. The van der Waals surface area contributed by atoms with E-state index in [1.807, 2.05) is 12.1 Å². The van der Waals surface area contributed by atoms with Gasteiger partial charge >= 0.3 is 5.97 Å². The minimum atomic E-state index is -2.01. The van der Waals surface area contributed by atoms with E-state index in [-0.39, 0.29) is 42.1 Å². The number of halogens is 6. The van der Waals surface area contributed by atoms with Crippen molar-refractivity contribution in [2.45, 2.75) is 57.9 Å². The maximum atomic E-state index is 13.7. The van der Waals surface area contributed by atoms with Gasteiger partial charge in [-0.25, -0.2) is 19.7 Å². The fraction of sp³-hybridized carbons (Fsp3) is 0.375. The zero-order valence-electron chi connectivity index (χ0n) is 25.9. The Kier molecular flexibility index (Phi) is 13.3. The Morgan fingerprint density at radius 2 is 1.45 bits per heavy atom. The number of anilines is 1. The number of unbranched alkanes of at least 4 members (excludes halogenated alkanes) is 5. The van der Waals surface area contributed by atoms with Crippen LogP contribution in [-0.2, 0) is 17.1 Å². The number of para-hydroxylation sites is 1. The van der Waals surface area contributed by atoms with E-state index < -0.39 is 13.6 Å². The standard InChI is InChI=1S/C32H29Cl6N5O3S3/c1-2-3-4-5-6-9-16-42-21-10-7-8-11-22(21)48-26(42)23-25(44)43(30(47)49-23)17-18-46-27(45)20-14-12-19(13-15-20)24-39-28(31(33,34)35)41-29(40-24)32(36,37)38/h7-8,10-15H,2-6,9,16-18H2,1H3/b26-23+. The van der Waals surface area contributed by atoms with E-state index in [2.05, 4.69) is 38.9 Å². The number of ether oxygens (including phenoxy) is 1. The molecule has 8 nitrogen and oxygen atoms in total. The molecule has 0 saturated carbocycles. The molecule has 3 heterocycles. The molecule has 49 heavy (non-hydrogen) atoms. The third-order valence-corrected chi connectivity index (χ3v) is 11.2. The quantitative estimate of drug-likeness (QED) is 0.0578. The van der Waals surface area contributed by atoms with Crippen molar-refractivity contribution >= 4 is 127 Å². The van der Waals surface area contributed by atoms with E-state index in [1.54, 1.807) is 23.9 Å². The Hall–Kier alpha value is -1.54. The maximum absolute atomic E-state index is 13.7. The third kappa shape index (κ3) is 9.67. The van der Waals surface area contributed by atoms with E-state index >= 15 is 0 Å². The van der Waals surface area contributed by atoms with Crippen molar-refractivity contribution in [2.75, 3.05) is 24.6 Å². The minimum Gasteiger partial charge on any atom is -0.460 e. The van der Waals surface area contributed by atoms with Crippen molar-refractivity contribution in [3.8, 4) is 11.4 Å². The highest BCUT2D eigenvalue weighted by atomic mass is 35.6. The van der Waals surface area contributed by atoms with Gasteiger partial charge in [-0.3, -0.25) is 9.69 Å². The Morgan fingerprint density at radius 3 is 2.10 bits per heavy atom. The Balaban J connectivity index is 1.22. The molecule has 1 saturated heterocycles. The normalized spacial score (nSPS) is 16.5. The van der Waals surface area contributed by atoms with Gasteiger partial charge in [-0.1, -0.05) is 169 Å². The molecule has 260 valence electrons. The Morgan fingerprint density at radius 1 is 0.816 bits per heavy atom. The molecule has 0 radical (unpaired) electrons. The second-order valence-electron chi connectivity index (χ2n) is 11.0. The summed E-state index contributed by atoms with van der Waals surface area (Å²) in [5, 5.41) is 0.895. The van der Waals surface area contributed by atoms with Crippen LogP contribution in [0.25, 0.3) is 11.4 Å². The lowest BCUT2D eigenvalue weighted by Gasteiger charge is -2.21. The monoisotopic (exact) mass is 837 g/mol. The highest BCUT2D eigenvalue weighted by Gasteiger charge is 2.39. The van der Waals surface area contributed by atoms with E-state index in [0.29, 0.717) is 14.8 Å². The van der Waals surface area contributed by atoms with Gasteiger partial charge in [0.15, 0.2) is 17.5 Å². The number of hydrogen-bond acceptors (Lipinski definition) is 10. The van der Waals surface area contributed by atoms with Crippen LogP contribution in [0.1, 0.15) is 67.5 Å². The van der Waals surface area contributed by atoms with Gasteiger partial charge in [0.1, 0.15) is 20.9 Å². The molecular weight excluding hydrogens is 811 g/mol. The topological polar surface area (TPSA) is 88.5 Å². The van der Waals surface area contributed by atoms with Crippen LogP contribution >= 0.6 is 105 Å². The van der Waals surface area contributed by atoms with Crippen LogP contribution in [0, 0.1) is 0 Å². The fourth-order valence-corrected chi connectivity index (χ4v) is 8.18. The highest BCUT2D eigenvalue weighted by Crippen LogP contribution is 2.50. The van der Waals surface area contributed by atoms with Crippen molar-refractivity contribution in [3.05, 3.63) is 75.7 Å². The second kappa shape index (κ2) is 16.9. The number of alkyl halides is 6. The van der Waals surface area contributed by atoms with E-state index in [0.717, 1.165) is 35.0 Å². The summed E-state index contributed by atoms with van der Waals surface area (Å²) in [6.07, 6.45) is 7.07. The van der Waals surface area contributed by atoms with E-state index in [9.17, 15) is 9.59 Å². The number of aromatic nitrogens is 3. The first-order valence-corrected chi connectivity index (χ1v) is 19.6. The van der Waals surface area contributed by atoms with Gasteiger partial charge in [-0.15, -0.1) is 0 Å². The fourth-order valence-electron chi connectivity index (χ4n) is 5.02. The van der Waals surface area contributed by atoms with Crippen LogP contribution in [0.5, 0.6) is 0 Å². The molecule has 5 rings (SSSR count). The molecule has 0 N–H and O–H groups in total. The number of benzene rings is 2. The van der Waals surface area contributed by atoms with Gasteiger partial charge in [0, 0.05) is 17.0 Å². The third-order valence-electron chi connectivity index (χ3n) is 7.46. The first-order chi connectivity index (χ1) is 23.3. The molecule has 2 aliphatic heterocycles. The van der Waals surface area contributed by atoms with Crippen LogP contribution in [0.15, 0.2) is 63.4 Å². The lowest BCUT2D eigenvalue weighted by atomic mass is 10.1. The molecule has 1 fully saturated rings. The molecule has 1 amide bonds. The first-order valence-electron chi connectivity index (χ1n) is 15.3. The summed E-state index contributed by atoms with van der Waals surface area (Å²) in [6, 6.07) is 14.3. The number of esters is 1. The van der Waals surface area contributed by atoms with Crippen LogP contribution in [-0.4, -0.2) is 55.7 Å². The number of carbonyl (C=O) groups excluding carboxylic acids is 2. The lowest BCUT2D eigenvalue weighted by Crippen LogP contribution is -2.32. The maximum Gasteiger partial charge on any atom is 0.338 e. The number of rotatable bonds is 12. The summed E-state index contributed by atoms with van der Waals surface area (Å²) in [7, 11) is 0. The van der Waals surface area contributed by atoms with Crippen molar-refractivity contribution in [1.29, 1.82) is 0 Å². The summed E-state index contributed by atoms with van der Waals surface area (Å²) in [5.74, 6) is -1.20. The van der Waals surface area contributed by atoms with Gasteiger partial charge in [0.2, 0.25) is 7.59 Å². The zero-order valence-corrected chi connectivity index (χ0v) is 32.9. The smallest absolute Gasteiger partial charge is 0.338 e. The van der Waals surface area contributed by atoms with E-state index in [1.165, 1.54) is 54.5 Å². The number of amides is 1. The SMILES string of the molecule is CCCCCCCCN1/C(=C2\SC(=S)N(CCOC(=O)c3ccc(-c4nc(C(Cl)(Cl)Cl)nc(C(Cl)(Cl)Cl)n4)cc3)C2=O)Sc2ccccc21. The van der Waals surface area contributed by atoms with Crippen molar-refractivity contribution in [3.63, 3.8) is 0 Å².